The molecule has 0 atom stereocenters. The maximum Gasteiger partial charge on any atom is 0.140 e. The standard InChI is InChI=1S/C12H14ClN3O2/c13-10-6-12(15-1-3-18-4-2-15)16-7-9(8-17)5-11(16)14-10/h5-7,17H,1-4,8H2. The molecular formula is C12H14ClN3O2. The molecule has 0 aliphatic carbocycles. The molecule has 1 fully saturated rings. The van der Waals surface area contributed by atoms with Crippen molar-refractivity contribution < 1.29 is 9.84 Å². The minimum absolute atomic E-state index is 0.00350. The van der Waals surface area contributed by atoms with E-state index in [-0.39, 0.29) is 6.61 Å². The molecule has 0 bridgehead atoms. The Morgan fingerprint density at radius 2 is 2.11 bits per heavy atom. The van der Waals surface area contributed by atoms with Crippen LogP contribution in [0.3, 0.4) is 0 Å². The number of nitrogens with zero attached hydrogens (tertiary/aromatic N) is 3. The van der Waals surface area contributed by atoms with E-state index in [1.807, 2.05) is 22.7 Å². The van der Waals surface area contributed by atoms with E-state index in [2.05, 4.69) is 9.88 Å². The summed E-state index contributed by atoms with van der Waals surface area (Å²) >= 11 is 6.05. The van der Waals surface area contributed by atoms with E-state index < -0.39 is 0 Å². The number of hydrogen-bond donors (Lipinski definition) is 1. The second-order valence-electron chi connectivity index (χ2n) is 4.27. The number of aliphatic hydroxyl groups is 1. The first-order valence-corrected chi connectivity index (χ1v) is 6.27. The SMILES string of the molecule is OCc1cc2nc(Cl)cc(N3CCOCC3)n2c1. The summed E-state index contributed by atoms with van der Waals surface area (Å²) < 4.78 is 7.31. The Morgan fingerprint density at radius 1 is 1.33 bits per heavy atom. The van der Waals surface area contributed by atoms with Crippen LogP contribution in [-0.2, 0) is 11.3 Å². The van der Waals surface area contributed by atoms with Gasteiger partial charge in [-0.15, -0.1) is 0 Å². The lowest BCUT2D eigenvalue weighted by atomic mass is 10.4. The molecule has 0 amide bonds. The summed E-state index contributed by atoms with van der Waals surface area (Å²) in [4.78, 5) is 6.47. The first-order chi connectivity index (χ1) is 8.78. The lowest BCUT2D eigenvalue weighted by Gasteiger charge is -2.29. The van der Waals surface area contributed by atoms with Crippen molar-refractivity contribution in [1.29, 1.82) is 0 Å². The van der Waals surface area contributed by atoms with Crippen LogP contribution in [0.25, 0.3) is 5.65 Å². The van der Waals surface area contributed by atoms with Crippen LogP contribution in [0.4, 0.5) is 5.82 Å². The molecule has 3 heterocycles. The summed E-state index contributed by atoms with van der Waals surface area (Å²) in [6, 6.07) is 3.69. The predicted molar refractivity (Wildman–Crippen MR) is 69.2 cm³/mol. The summed E-state index contributed by atoms with van der Waals surface area (Å²) in [5, 5.41) is 9.67. The van der Waals surface area contributed by atoms with Gasteiger partial charge in [-0.2, -0.15) is 0 Å². The monoisotopic (exact) mass is 267 g/mol. The van der Waals surface area contributed by atoms with Crippen LogP contribution in [0, 0.1) is 0 Å². The molecule has 1 saturated heterocycles. The van der Waals surface area contributed by atoms with Crippen molar-refractivity contribution in [1.82, 2.24) is 9.38 Å². The highest BCUT2D eigenvalue weighted by Crippen LogP contribution is 2.23. The van der Waals surface area contributed by atoms with Gasteiger partial charge in [-0.1, -0.05) is 11.6 Å². The van der Waals surface area contributed by atoms with Crippen molar-refractivity contribution in [2.24, 2.45) is 0 Å². The molecule has 3 rings (SSSR count). The number of aliphatic hydroxyl groups excluding tert-OH is 1. The zero-order valence-corrected chi connectivity index (χ0v) is 10.6. The lowest BCUT2D eigenvalue weighted by molar-refractivity contribution is 0.122. The molecular weight excluding hydrogens is 254 g/mol. The molecule has 1 aliphatic rings. The van der Waals surface area contributed by atoms with Crippen LogP contribution in [0.2, 0.25) is 5.15 Å². The number of halogens is 1. The van der Waals surface area contributed by atoms with E-state index >= 15 is 0 Å². The second kappa shape index (κ2) is 4.76. The van der Waals surface area contributed by atoms with Crippen LogP contribution in [0.15, 0.2) is 18.3 Å². The Morgan fingerprint density at radius 3 is 2.83 bits per heavy atom. The van der Waals surface area contributed by atoms with Crippen LogP contribution >= 0.6 is 11.6 Å². The fraction of sp³-hybridized carbons (Fsp3) is 0.417. The molecule has 18 heavy (non-hydrogen) atoms. The zero-order chi connectivity index (χ0) is 12.5. The molecule has 2 aromatic heterocycles. The Bertz CT molecular complexity index is 564. The van der Waals surface area contributed by atoms with Crippen molar-refractivity contribution in [2.45, 2.75) is 6.61 Å². The summed E-state index contributed by atoms with van der Waals surface area (Å²) in [6.07, 6.45) is 1.89. The molecule has 6 heteroatoms. The Hall–Kier alpha value is -1.30. The number of ether oxygens (including phenoxy) is 1. The van der Waals surface area contributed by atoms with E-state index in [9.17, 15) is 5.11 Å². The van der Waals surface area contributed by atoms with E-state index in [0.717, 1.165) is 43.3 Å². The summed E-state index contributed by atoms with van der Waals surface area (Å²) in [5.41, 5.74) is 1.59. The third kappa shape index (κ3) is 2.05. The normalized spacial score (nSPS) is 16.4. The molecule has 0 saturated carbocycles. The van der Waals surface area contributed by atoms with Gasteiger partial charge in [-0.25, -0.2) is 4.98 Å². The molecule has 0 aromatic carbocycles. The van der Waals surface area contributed by atoms with Crippen LogP contribution in [-0.4, -0.2) is 40.8 Å². The third-order valence-electron chi connectivity index (χ3n) is 3.09. The maximum atomic E-state index is 9.20. The first kappa shape index (κ1) is 11.8. The van der Waals surface area contributed by atoms with Gasteiger partial charge < -0.3 is 14.7 Å². The average molecular weight is 268 g/mol. The summed E-state index contributed by atoms with van der Waals surface area (Å²) in [5.74, 6) is 0.994. The number of fused-ring (bicyclic) bond motifs is 1. The van der Waals surface area contributed by atoms with Gasteiger partial charge in [0.05, 0.1) is 19.8 Å². The molecule has 96 valence electrons. The molecule has 0 unspecified atom stereocenters. The average Bonchev–Trinajstić information content (AvgIpc) is 2.81. The number of anilines is 1. The van der Waals surface area contributed by atoms with Gasteiger partial charge in [0.15, 0.2) is 0 Å². The Kier molecular flexibility index (Phi) is 3.11. The largest absolute Gasteiger partial charge is 0.392 e. The molecule has 0 spiro atoms. The van der Waals surface area contributed by atoms with Crippen LogP contribution < -0.4 is 4.90 Å². The number of rotatable bonds is 2. The van der Waals surface area contributed by atoms with Crippen LogP contribution in [0.1, 0.15) is 5.56 Å². The summed E-state index contributed by atoms with van der Waals surface area (Å²) in [7, 11) is 0. The van der Waals surface area contributed by atoms with Gasteiger partial charge in [0, 0.05) is 25.4 Å². The number of morpholine rings is 1. The Balaban J connectivity index is 2.10. The highest BCUT2D eigenvalue weighted by molar-refractivity contribution is 6.29. The maximum absolute atomic E-state index is 9.20. The zero-order valence-electron chi connectivity index (χ0n) is 9.84. The highest BCUT2D eigenvalue weighted by atomic mass is 35.5. The van der Waals surface area contributed by atoms with Crippen LogP contribution in [0.5, 0.6) is 0 Å². The van der Waals surface area contributed by atoms with E-state index in [1.54, 1.807) is 0 Å². The fourth-order valence-corrected chi connectivity index (χ4v) is 2.40. The fourth-order valence-electron chi connectivity index (χ4n) is 2.21. The smallest absolute Gasteiger partial charge is 0.140 e. The molecule has 2 aromatic rings. The molecule has 1 aliphatic heterocycles. The van der Waals surface area contributed by atoms with Gasteiger partial charge in [-0.3, -0.25) is 4.40 Å². The quantitative estimate of drug-likeness (QED) is 0.834. The topological polar surface area (TPSA) is 50.0 Å². The van der Waals surface area contributed by atoms with Gasteiger partial charge in [0.2, 0.25) is 0 Å². The van der Waals surface area contributed by atoms with Gasteiger partial charge in [-0.05, 0) is 11.6 Å². The van der Waals surface area contributed by atoms with E-state index in [4.69, 9.17) is 16.3 Å². The van der Waals surface area contributed by atoms with Crippen molar-refractivity contribution in [2.75, 3.05) is 31.2 Å². The number of aromatic nitrogens is 2. The van der Waals surface area contributed by atoms with Gasteiger partial charge in [0.1, 0.15) is 16.6 Å². The predicted octanol–water partition coefficient (Wildman–Crippen LogP) is 1.32. The minimum atomic E-state index is 0.00350. The highest BCUT2D eigenvalue weighted by Gasteiger charge is 2.16. The minimum Gasteiger partial charge on any atom is -0.392 e. The Labute approximate surface area is 110 Å². The number of hydrogen-bond acceptors (Lipinski definition) is 4. The molecule has 0 radical (unpaired) electrons. The molecule has 1 N–H and O–H groups in total. The third-order valence-corrected chi connectivity index (χ3v) is 3.28. The van der Waals surface area contributed by atoms with E-state index in [0.29, 0.717) is 5.15 Å². The van der Waals surface area contributed by atoms with E-state index in [1.165, 1.54) is 0 Å². The summed E-state index contributed by atoms with van der Waals surface area (Å²) in [6.45, 7) is 3.11. The lowest BCUT2D eigenvalue weighted by Crippen LogP contribution is -2.37. The van der Waals surface area contributed by atoms with Crippen molar-refractivity contribution in [3.63, 3.8) is 0 Å². The second-order valence-corrected chi connectivity index (χ2v) is 4.66. The van der Waals surface area contributed by atoms with Crippen molar-refractivity contribution >= 4 is 23.1 Å². The van der Waals surface area contributed by atoms with Gasteiger partial charge in [0.25, 0.3) is 0 Å². The van der Waals surface area contributed by atoms with Crippen molar-refractivity contribution in [3.8, 4) is 0 Å². The van der Waals surface area contributed by atoms with Crippen molar-refractivity contribution in [3.05, 3.63) is 29.0 Å². The first-order valence-electron chi connectivity index (χ1n) is 5.89. The van der Waals surface area contributed by atoms with Gasteiger partial charge >= 0.3 is 0 Å². The molecule has 5 nitrogen and oxygen atoms in total.